The number of nitrogens with zero attached hydrogens (tertiary/aromatic N) is 4. The lowest BCUT2D eigenvalue weighted by Gasteiger charge is -2.29. The van der Waals surface area contributed by atoms with Gasteiger partial charge in [-0.3, -0.25) is 10.1 Å². The van der Waals surface area contributed by atoms with Gasteiger partial charge in [0.15, 0.2) is 6.17 Å². The Labute approximate surface area is 239 Å². The Morgan fingerprint density at radius 1 is 1.20 bits per heavy atom. The number of oxime groups is 1. The molecule has 1 aromatic heterocycles. The van der Waals surface area contributed by atoms with Gasteiger partial charge in [0.1, 0.15) is 12.4 Å². The van der Waals surface area contributed by atoms with Crippen molar-refractivity contribution >= 4 is 40.8 Å². The van der Waals surface area contributed by atoms with Crippen molar-refractivity contribution in [3.8, 4) is 12.3 Å². The molecule has 2 atom stereocenters. The van der Waals surface area contributed by atoms with Crippen molar-refractivity contribution in [2.75, 3.05) is 5.32 Å². The minimum absolute atomic E-state index is 0.0105. The van der Waals surface area contributed by atoms with E-state index in [-0.39, 0.29) is 50.8 Å². The third kappa shape index (κ3) is 6.28. The van der Waals surface area contributed by atoms with E-state index in [0.717, 1.165) is 16.8 Å². The maximum absolute atomic E-state index is 14.3. The standard InChI is InChI=1S/C26H19Cl2F6N5O2/c1-3-6-39-21(11-19(29)22(30)31)35-24(37-39)36-23(40)18-5-4-14(7-13(18)2)20-12-25(41-38-20,26(32,33)34)15-8-16(27)10-17(28)9-15/h1,4-5,7-10,19,22H,6,11-12H2,2H3,(H,36,37,40). The Kier molecular flexibility index (Phi) is 8.56. The zero-order valence-corrected chi connectivity index (χ0v) is 22.5. The fourth-order valence-electron chi connectivity index (χ4n) is 4.17. The smallest absolute Gasteiger partial charge is 0.374 e. The van der Waals surface area contributed by atoms with Crippen LogP contribution in [0.1, 0.15) is 39.3 Å². The average molecular weight is 618 g/mol. The van der Waals surface area contributed by atoms with E-state index in [1.54, 1.807) is 0 Å². The molecule has 4 rings (SSSR count). The first-order valence-electron chi connectivity index (χ1n) is 11.7. The molecular weight excluding hydrogens is 599 g/mol. The van der Waals surface area contributed by atoms with Crippen LogP contribution in [0.25, 0.3) is 0 Å². The van der Waals surface area contributed by atoms with Crippen LogP contribution in [0.3, 0.4) is 0 Å². The number of terminal acetylenes is 1. The van der Waals surface area contributed by atoms with E-state index in [2.05, 4.69) is 26.5 Å². The second-order valence-electron chi connectivity index (χ2n) is 9.04. The molecule has 0 bridgehead atoms. The summed E-state index contributed by atoms with van der Waals surface area (Å²) in [5.41, 5.74) is -2.47. The van der Waals surface area contributed by atoms with E-state index in [1.807, 2.05) is 0 Å². The van der Waals surface area contributed by atoms with E-state index in [9.17, 15) is 31.1 Å². The molecule has 0 saturated carbocycles. The molecule has 2 unspecified atom stereocenters. The lowest BCUT2D eigenvalue weighted by molar-refractivity contribution is -0.275. The molecule has 0 aliphatic carbocycles. The van der Waals surface area contributed by atoms with Crippen LogP contribution < -0.4 is 5.32 Å². The molecule has 1 aliphatic rings. The minimum Gasteiger partial charge on any atom is -0.374 e. The van der Waals surface area contributed by atoms with Gasteiger partial charge in [0.2, 0.25) is 5.95 Å². The van der Waals surface area contributed by atoms with Gasteiger partial charge in [-0.25, -0.2) is 17.9 Å². The molecule has 0 saturated heterocycles. The fourth-order valence-corrected chi connectivity index (χ4v) is 4.69. The van der Waals surface area contributed by atoms with Crippen molar-refractivity contribution in [2.24, 2.45) is 5.16 Å². The highest BCUT2D eigenvalue weighted by Crippen LogP contribution is 2.49. The Hall–Kier alpha value is -3.76. The monoisotopic (exact) mass is 617 g/mol. The SMILES string of the molecule is C#CCn1nc(NC(=O)c2ccc(C3=NOC(c4cc(Cl)cc(Cl)c4)(C(F)(F)F)C3)cc2C)nc1CC(F)C(F)F. The second-order valence-corrected chi connectivity index (χ2v) is 9.91. The van der Waals surface area contributed by atoms with Crippen molar-refractivity contribution in [2.45, 2.75) is 50.7 Å². The number of carbonyl (C=O) groups excluding carboxylic acids is 1. The summed E-state index contributed by atoms with van der Waals surface area (Å²) in [6, 6.07) is 7.67. The third-order valence-corrected chi connectivity index (χ3v) is 6.62. The number of anilines is 1. The first kappa shape index (κ1) is 30.2. The highest BCUT2D eigenvalue weighted by Gasteiger charge is 2.62. The van der Waals surface area contributed by atoms with Gasteiger partial charge >= 0.3 is 6.18 Å². The Balaban J connectivity index is 1.55. The predicted octanol–water partition coefficient (Wildman–Crippen LogP) is 6.51. The number of hydrogen-bond donors (Lipinski definition) is 1. The molecule has 3 aromatic rings. The summed E-state index contributed by atoms with van der Waals surface area (Å²) >= 11 is 11.9. The molecule has 41 heavy (non-hydrogen) atoms. The maximum Gasteiger partial charge on any atom is 0.435 e. The van der Waals surface area contributed by atoms with Crippen LogP contribution in [-0.2, 0) is 23.4 Å². The molecule has 2 heterocycles. The molecule has 0 fully saturated rings. The van der Waals surface area contributed by atoms with Crippen molar-refractivity contribution in [1.29, 1.82) is 0 Å². The number of carbonyl (C=O) groups is 1. The number of aromatic nitrogens is 3. The number of hydrogen-bond acceptors (Lipinski definition) is 5. The summed E-state index contributed by atoms with van der Waals surface area (Å²) in [7, 11) is 0. The molecule has 0 spiro atoms. The normalized spacial score (nSPS) is 17.6. The molecule has 1 amide bonds. The molecule has 1 N–H and O–H groups in total. The Morgan fingerprint density at radius 3 is 2.46 bits per heavy atom. The van der Waals surface area contributed by atoms with Crippen LogP contribution in [0.2, 0.25) is 10.0 Å². The highest BCUT2D eigenvalue weighted by atomic mass is 35.5. The highest BCUT2D eigenvalue weighted by molar-refractivity contribution is 6.34. The second kappa shape index (κ2) is 11.6. The van der Waals surface area contributed by atoms with Crippen LogP contribution in [0.15, 0.2) is 41.6 Å². The van der Waals surface area contributed by atoms with Crippen molar-refractivity contribution < 1.29 is 36.0 Å². The van der Waals surface area contributed by atoms with E-state index in [1.165, 1.54) is 31.2 Å². The number of halogens is 8. The number of rotatable bonds is 8. The molecule has 0 radical (unpaired) electrons. The summed E-state index contributed by atoms with van der Waals surface area (Å²) in [4.78, 5) is 21.8. The van der Waals surface area contributed by atoms with Gasteiger partial charge < -0.3 is 4.84 Å². The molecule has 2 aromatic carbocycles. The zero-order chi connectivity index (χ0) is 30.1. The molecule has 1 aliphatic heterocycles. The number of benzene rings is 2. The number of alkyl halides is 6. The number of nitrogens with one attached hydrogen (secondary N) is 1. The summed E-state index contributed by atoms with van der Waals surface area (Å²) < 4.78 is 82.7. The first-order chi connectivity index (χ1) is 19.2. The van der Waals surface area contributed by atoms with Crippen LogP contribution in [-0.4, -0.2) is 45.2 Å². The lowest BCUT2D eigenvalue weighted by atomic mass is 9.86. The van der Waals surface area contributed by atoms with Crippen LogP contribution in [0.5, 0.6) is 0 Å². The van der Waals surface area contributed by atoms with Gasteiger partial charge in [-0.15, -0.1) is 11.5 Å². The van der Waals surface area contributed by atoms with Crippen molar-refractivity contribution in [3.63, 3.8) is 0 Å². The zero-order valence-electron chi connectivity index (χ0n) is 20.9. The van der Waals surface area contributed by atoms with Gasteiger partial charge in [0.05, 0.1) is 5.71 Å². The van der Waals surface area contributed by atoms with Crippen molar-refractivity contribution in [3.05, 3.63) is 74.5 Å². The third-order valence-electron chi connectivity index (χ3n) is 6.18. The maximum atomic E-state index is 14.3. The van der Waals surface area contributed by atoms with Crippen LogP contribution in [0, 0.1) is 19.3 Å². The quantitative estimate of drug-likeness (QED) is 0.231. The molecule has 216 valence electrons. The van der Waals surface area contributed by atoms with E-state index < -0.39 is 43.1 Å². The van der Waals surface area contributed by atoms with Crippen LogP contribution in [0.4, 0.5) is 32.3 Å². The number of amides is 1. The fraction of sp³-hybridized carbons (Fsp3) is 0.308. The summed E-state index contributed by atoms with van der Waals surface area (Å²) in [5, 5.41) is 9.99. The van der Waals surface area contributed by atoms with E-state index >= 15 is 0 Å². The Morgan fingerprint density at radius 2 is 1.88 bits per heavy atom. The Bertz CT molecular complexity index is 1530. The van der Waals surface area contributed by atoms with Gasteiger partial charge in [-0.2, -0.15) is 18.2 Å². The molecular formula is C26H19Cl2F6N5O2. The van der Waals surface area contributed by atoms with Gasteiger partial charge in [-0.1, -0.05) is 40.3 Å². The largest absolute Gasteiger partial charge is 0.435 e. The van der Waals surface area contributed by atoms with Crippen LogP contribution >= 0.6 is 23.2 Å². The average Bonchev–Trinajstić information content (AvgIpc) is 3.49. The minimum atomic E-state index is -4.88. The van der Waals surface area contributed by atoms with Gasteiger partial charge in [0, 0.05) is 34.0 Å². The van der Waals surface area contributed by atoms with Gasteiger partial charge in [-0.05, 0) is 48.4 Å². The molecule has 15 heteroatoms. The first-order valence-corrected chi connectivity index (χ1v) is 12.5. The summed E-state index contributed by atoms with van der Waals surface area (Å²) in [6.45, 7) is 1.33. The predicted molar refractivity (Wildman–Crippen MR) is 139 cm³/mol. The topological polar surface area (TPSA) is 81.4 Å². The van der Waals surface area contributed by atoms with E-state index in [0.29, 0.717) is 5.56 Å². The molecule has 7 nitrogen and oxygen atoms in total. The number of aryl methyl sites for hydroxylation is 1. The summed E-state index contributed by atoms with van der Waals surface area (Å²) in [5.74, 6) is 1.03. The lowest BCUT2D eigenvalue weighted by Crippen LogP contribution is -2.42. The van der Waals surface area contributed by atoms with Gasteiger partial charge in [0.25, 0.3) is 17.9 Å². The van der Waals surface area contributed by atoms with E-state index in [4.69, 9.17) is 34.5 Å². The summed E-state index contributed by atoms with van der Waals surface area (Å²) in [6.07, 6.45) is -6.87. The van der Waals surface area contributed by atoms with Crippen molar-refractivity contribution in [1.82, 2.24) is 14.8 Å².